The van der Waals surface area contributed by atoms with E-state index in [1.165, 1.54) is 0 Å². The maximum Gasteiger partial charge on any atom is 0.143 e. The van der Waals surface area contributed by atoms with Gasteiger partial charge in [-0.25, -0.2) is 0 Å². The van der Waals surface area contributed by atoms with Crippen LogP contribution in [-0.2, 0) is 7.05 Å². The zero-order chi connectivity index (χ0) is 11.0. The number of hydrogen-bond acceptors (Lipinski definition) is 2. The standard InChI is InChI=1S/C12H13NOS/c1-8-7-13(2)11-9(12(8)15)5-4-6-10(11)14-3/h4-7H,1-3H3. The highest BCUT2D eigenvalue weighted by atomic mass is 32.1. The van der Waals surface area contributed by atoms with Gasteiger partial charge in [0, 0.05) is 18.6 Å². The van der Waals surface area contributed by atoms with E-state index in [0.29, 0.717) is 0 Å². The molecule has 0 spiro atoms. The van der Waals surface area contributed by atoms with E-state index in [1.54, 1.807) is 7.11 Å². The SMILES string of the molecule is COc1cccc2c(=S)c(C)cn(C)c12. The van der Waals surface area contributed by atoms with Gasteiger partial charge in [0.05, 0.1) is 17.1 Å². The van der Waals surface area contributed by atoms with E-state index in [2.05, 4.69) is 4.57 Å². The average molecular weight is 219 g/mol. The molecule has 0 fully saturated rings. The van der Waals surface area contributed by atoms with E-state index in [1.807, 2.05) is 38.4 Å². The molecule has 0 N–H and O–H groups in total. The average Bonchev–Trinajstić information content (AvgIpc) is 2.25. The molecule has 0 aliphatic rings. The lowest BCUT2D eigenvalue weighted by atomic mass is 10.1. The smallest absolute Gasteiger partial charge is 0.143 e. The minimum absolute atomic E-state index is 0.862. The fraction of sp³-hybridized carbons (Fsp3) is 0.250. The summed E-state index contributed by atoms with van der Waals surface area (Å²) < 4.78 is 8.30. The minimum Gasteiger partial charge on any atom is -0.495 e. The zero-order valence-electron chi connectivity index (χ0n) is 9.07. The number of aryl methyl sites for hydroxylation is 2. The zero-order valence-corrected chi connectivity index (χ0v) is 9.89. The topological polar surface area (TPSA) is 14.2 Å². The third-order valence-corrected chi connectivity index (χ3v) is 3.10. The van der Waals surface area contributed by atoms with Gasteiger partial charge in [0.2, 0.25) is 0 Å². The number of fused-ring (bicyclic) bond motifs is 1. The second-order valence-corrected chi connectivity index (χ2v) is 4.02. The lowest BCUT2D eigenvalue weighted by Gasteiger charge is -2.11. The molecule has 15 heavy (non-hydrogen) atoms. The van der Waals surface area contributed by atoms with Crippen LogP contribution in [0.1, 0.15) is 5.56 Å². The van der Waals surface area contributed by atoms with Crippen molar-refractivity contribution in [2.45, 2.75) is 6.92 Å². The predicted octanol–water partition coefficient (Wildman–Crippen LogP) is 3.22. The van der Waals surface area contributed by atoms with Gasteiger partial charge < -0.3 is 9.30 Å². The summed E-state index contributed by atoms with van der Waals surface area (Å²) in [4.78, 5) is 0. The summed E-state index contributed by atoms with van der Waals surface area (Å²) in [5, 5.41) is 1.08. The molecule has 0 saturated carbocycles. The molecule has 0 aliphatic carbocycles. The first-order chi connectivity index (χ1) is 7.15. The molecule has 0 unspecified atom stereocenters. The number of rotatable bonds is 1. The quantitative estimate of drug-likeness (QED) is 0.684. The Hall–Kier alpha value is -1.35. The molecule has 0 bridgehead atoms. The number of hydrogen-bond donors (Lipinski definition) is 0. The molecule has 3 heteroatoms. The highest BCUT2D eigenvalue weighted by molar-refractivity contribution is 7.71. The van der Waals surface area contributed by atoms with Crippen LogP contribution in [0, 0.1) is 11.4 Å². The molecular weight excluding hydrogens is 206 g/mol. The second-order valence-electron chi connectivity index (χ2n) is 3.61. The lowest BCUT2D eigenvalue weighted by molar-refractivity contribution is 0.417. The Balaban J connectivity index is 3.02. The molecule has 0 aliphatic heterocycles. The first-order valence-electron chi connectivity index (χ1n) is 4.78. The molecule has 2 aromatic rings. The summed E-state index contributed by atoms with van der Waals surface area (Å²) in [7, 11) is 3.68. The van der Waals surface area contributed by atoms with Gasteiger partial charge in [0.25, 0.3) is 0 Å². The Morgan fingerprint density at radius 1 is 1.33 bits per heavy atom. The molecule has 2 nitrogen and oxygen atoms in total. The van der Waals surface area contributed by atoms with E-state index >= 15 is 0 Å². The molecule has 1 aromatic heterocycles. The number of ether oxygens (including phenoxy) is 1. The number of pyridine rings is 1. The van der Waals surface area contributed by atoms with Crippen molar-refractivity contribution < 1.29 is 4.74 Å². The first kappa shape index (κ1) is 10.2. The molecule has 0 saturated heterocycles. The normalized spacial score (nSPS) is 10.6. The van der Waals surface area contributed by atoms with Crippen molar-refractivity contribution in [3.8, 4) is 5.75 Å². The summed E-state index contributed by atoms with van der Waals surface area (Å²) in [6.45, 7) is 2.03. The molecule has 0 radical (unpaired) electrons. The highest BCUT2D eigenvalue weighted by Crippen LogP contribution is 2.26. The molecular formula is C12H13NOS. The van der Waals surface area contributed by atoms with Crippen LogP contribution in [0.4, 0.5) is 0 Å². The van der Waals surface area contributed by atoms with Crippen LogP contribution in [0.5, 0.6) is 5.75 Å². The van der Waals surface area contributed by atoms with Gasteiger partial charge in [-0.05, 0) is 18.6 Å². The summed E-state index contributed by atoms with van der Waals surface area (Å²) >= 11 is 5.39. The van der Waals surface area contributed by atoms with Crippen LogP contribution in [0.15, 0.2) is 24.4 Å². The Morgan fingerprint density at radius 3 is 2.73 bits per heavy atom. The van der Waals surface area contributed by atoms with Gasteiger partial charge in [0.15, 0.2) is 0 Å². The van der Waals surface area contributed by atoms with Crippen molar-refractivity contribution in [3.63, 3.8) is 0 Å². The summed E-state index contributed by atoms with van der Waals surface area (Å²) in [5.74, 6) is 0.862. The van der Waals surface area contributed by atoms with Crippen LogP contribution >= 0.6 is 12.2 Å². The number of nitrogens with zero attached hydrogens (tertiary/aromatic N) is 1. The Morgan fingerprint density at radius 2 is 2.07 bits per heavy atom. The van der Waals surface area contributed by atoms with Crippen molar-refractivity contribution in [1.82, 2.24) is 4.57 Å². The summed E-state index contributed by atoms with van der Waals surface area (Å²) in [5.41, 5.74) is 2.17. The van der Waals surface area contributed by atoms with Gasteiger partial charge in [0.1, 0.15) is 5.75 Å². The maximum atomic E-state index is 5.39. The largest absolute Gasteiger partial charge is 0.495 e. The molecule has 2 rings (SSSR count). The van der Waals surface area contributed by atoms with Crippen molar-refractivity contribution in [1.29, 1.82) is 0 Å². The van der Waals surface area contributed by atoms with Gasteiger partial charge in [-0.3, -0.25) is 0 Å². The molecule has 1 aromatic carbocycles. The summed E-state index contributed by atoms with van der Waals surface area (Å²) in [6, 6.07) is 5.95. The monoisotopic (exact) mass is 219 g/mol. The van der Waals surface area contributed by atoms with E-state index in [9.17, 15) is 0 Å². The number of benzene rings is 1. The maximum absolute atomic E-state index is 5.39. The fourth-order valence-electron chi connectivity index (χ4n) is 1.86. The van der Waals surface area contributed by atoms with Gasteiger partial charge in [-0.15, -0.1) is 0 Å². The van der Waals surface area contributed by atoms with Crippen molar-refractivity contribution in [3.05, 3.63) is 34.5 Å². The fourth-order valence-corrected chi connectivity index (χ4v) is 2.08. The lowest BCUT2D eigenvalue weighted by Crippen LogP contribution is -1.98. The Bertz CT molecular complexity index is 572. The highest BCUT2D eigenvalue weighted by Gasteiger charge is 2.06. The molecule has 1 heterocycles. The van der Waals surface area contributed by atoms with Crippen molar-refractivity contribution >= 4 is 23.1 Å². The van der Waals surface area contributed by atoms with Gasteiger partial charge in [-0.2, -0.15) is 0 Å². The van der Waals surface area contributed by atoms with Crippen molar-refractivity contribution in [2.75, 3.05) is 7.11 Å². The number of aromatic nitrogens is 1. The third-order valence-electron chi connectivity index (χ3n) is 2.56. The van der Waals surface area contributed by atoms with Crippen LogP contribution in [0.2, 0.25) is 0 Å². The Kier molecular flexibility index (Phi) is 2.49. The van der Waals surface area contributed by atoms with Crippen LogP contribution < -0.4 is 4.74 Å². The Labute approximate surface area is 94.1 Å². The van der Waals surface area contributed by atoms with E-state index in [-0.39, 0.29) is 0 Å². The second kappa shape index (κ2) is 3.66. The van der Waals surface area contributed by atoms with Crippen LogP contribution in [0.25, 0.3) is 10.9 Å². The predicted molar refractivity (Wildman–Crippen MR) is 65.0 cm³/mol. The number of para-hydroxylation sites is 1. The van der Waals surface area contributed by atoms with Crippen LogP contribution in [-0.4, -0.2) is 11.7 Å². The van der Waals surface area contributed by atoms with E-state index in [4.69, 9.17) is 17.0 Å². The third kappa shape index (κ3) is 1.53. The van der Waals surface area contributed by atoms with Gasteiger partial charge in [-0.1, -0.05) is 24.4 Å². The molecule has 0 amide bonds. The summed E-state index contributed by atoms with van der Waals surface area (Å²) in [6.07, 6.45) is 2.03. The van der Waals surface area contributed by atoms with Crippen LogP contribution in [0.3, 0.4) is 0 Å². The van der Waals surface area contributed by atoms with Crippen molar-refractivity contribution in [2.24, 2.45) is 7.05 Å². The minimum atomic E-state index is 0.862. The van der Waals surface area contributed by atoms with Gasteiger partial charge >= 0.3 is 0 Å². The number of methoxy groups -OCH3 is 1. The van der Waals surface area contributed by atoms with E-state index < -0.39 is 0 Å². The first-order valence-corrected chi connectivity index (χ1v) is 5.19. The van der Waals surface area contributed by atoms with E-state index in [0.717, 1.165) is 26.7 Å². The molecule has 0 atom stereocenters. The molecule has 78 valence electrons.